The summed E-state index contributed by atoms with van der Waals surface area (Å²) < 4.78 is 5.82. The van der Waals surface area contributed by atoms with Crippen molar-refractivity contribution in [1.29, 1.82) is 0 Å². The maximum absolute atomic E-state index is 9.34. The summed E-state index contributed by atoms with van der Waals surface area (Å²) >= 11 is 1.55. The Morgan fingerprint density at radius 3 is 2.71 bits per heavy atom. The molecule has 0 saturated heterocycles. The number of hydrogen-bond acceptors (Lipinski definition) is 4. The molecular weight excluding hydrogens is 198 g/mol. The Morgan fingerprint density at radius 2 is 2.14 bits per heavy atom. The molecule has 0 aliphatic heterocycles. The van der Waals surface area contributed by atoms with E-state index in [0.29, 0.717) is 0 Å². The highest BCUT2D eigenvalue weighted by Crippen LogP contribution is 2.28. The van der Waals surface area contributed by atoms with Crippen molar-refractivity contribution in [3.63, 3.8) is 0 Å². The van der Waals surface area contributed by atoms with Gasteiger partial charge < -0.3 is 9.84 Å². The zero-order chi connectivity index (χ0) is 9.97. The van der Waals surface area contributed by atoms with Crippen molar-refractivity contribution in [1.82, 2.24) is 4.98 Å². The Morgan fingerprint density at radius 1 is 1.43 bits per heavy atom. The Balaban J connectivity index is 1.89. The van der Waals surface area contributed by atoms with Gasteiger partial charge in [-0.3, -0.25) is 0 Å². The van der Waals surface area contributed by atoms with Crippen LogP contribution in [0.3, 0.4) is 0 Å². The Labute approximate surface area is 87.7 Å². The van der Waals surface area contributed by atoms with Crippen LogP contribution in [0.4, 0.5) is 0 Å². The molecule has 0 bridgehead atoms. The van der Waals surface area contributed by atoms with Crippen LogP contribution in [-0.2, 0) is 0 Å². The highest BCUT2D eigenvalue weighted by atomic mass is 32.1. The Hall–Kier alpha value is -0.610. The number of rotatable bonds is 2. The zero-order valence-electron chi connectivity index (χ0n) is 8.27. The SMILES string of the molecule is Cc1ncsc1OC1CCC(O)CC1. The summed E-state index contributed by atoms with van der Waals surface area (Å²) in [5.41, 5.74) is 2.78. The highest BCUT2D eigenvalue weighted by molar-refractivity contribution is 7.11. The predicted octanol–water partition coefficient (Wildman–Crippen LogP) is 2.13. The number of aryl methyl sites for hydroxylation is 1. The fourth-order valence-electron chi connectivity index (χ4n) is 1.72. The first kappa shape index (κ1) is 9.93. The van der Waals surface area contributed by atoms with Gasteiger partial charge in [-0.15, -0.1) is 0 Å². The second-order valence-corrected chi connectivity index (χ2v) is 4.59. The minimum Gasteiger partial charge on any atom is -0.479 e. The lowest BCUT2D eigenvalue weighted by Crippen LogP contribution is -2.26. The van der Waals surface area contributed by atoms with E-state index in [1.807, 2.05) is 12.4 Å². The van der Waals surface area contributed by atoms with E-state index < -0.39 is 0 Å². The molecule has 1 fully saturated rings. The van der Waals surface area contributed by atoms with Crippen LogP contribution in [0, 0.1) is 6.92 Å². The van der Waals surface area contributed by atoms with Gasteiger partial charge in [-0.05, 0) is 32.6 Å². The van der Waals surface area contributed by atoms with Gasteiger partial charge in [0.05, 0.1) is 23.4 Å². The van der Waals surface area contributed by atoms with Gasteiger partial charge >= 0.3 is 0 Å². The minimum absolute atomic E-state index is 0.114. The zero-order valence-corrected chi connectivity index (χ0v) is 9.09. The maximum Gasteiger partial charge on any atom is 0.197 e. The molecule has 1 N–H and O–H groups in total. The molecule has 0 atom stereocenters. The van der Waals surface area contributed by atoms with Crippen molar-refractivity contribution in [3.8, 4) is 5.06 Å². The molecule has 1 aromatic rings. The summed E-state index contributed by atoms with van der Waals surface area (Å²) in [6.45, 7) is 1.96. The van der Waals surface area contributed by atoms with Gasteiger partial charge in [0.15, 0.2) is 5.06 Å². The van der Waals surface area contributed by atoms with Crippen LogP contribution in [-0.4, -0.2) is 22.3 Å². The fourth-order valence-corrected chi connectivity index (χ4v) is 2.44. The van der Waals surface area contributed by atoms with E-state index in [1.54, 1.807) is 11.3 Å². The molecule has 1 aliphatic carbocycles. The maximum atomic E-state index is 9.34. The van der Waals surface area contributed by atoms with Gasteiger partial charge in [0.1, 0.15) is 0 Å². The van der Waals surface area contributed by atoms with Crippen molar-refractivity contribution < 1.29 is 9.84 Å². The predicted molar refractivity (Wildman–Crippen MR) is 55.7 cm³/mol. The third-order valence-corrected chi connectivity index (χ3v) is 3.44. The molecule has 3 nitrogen and oxygen atoms in total. The standard InChI is InChI=1S/C10H15NO2S/c1-7-10(14-6-11-7)13-9-4-2-8(12)3-5-9/h6,8-9,12H,2-5H2,1H3. The van der Waals surface area contributed by atoms with Crippen molar-refractivity contribution in [2.45, 2.75) is 44.8 Å². The van der Waals surface area contributed by atoms with Gasteiger partial charge in [-0.2, -0.15) is 0 Å². The molecule has 0 aromatic carbocycles. The van der Waals surface area contributed by atoms with Gasteiger partial charge in [-0.1, -0.05) is 11.3 Å². The van der Waals surface area contributed by atoms with E-state index in [4.69, 9.17) is 4.74 Å². The van der Waals surface area contributed by atoms with E-state index in [9.17, 15) is 5.11 Å². The molecule has 1 heterocycles. The lowest BCUT2D eigenvalue weighted by atomic mass is 9.95. The highest BCUT2D eigenvalue weighted by Gasteiger charge is 2.21. The van der Waals surface area contributed by atoms with Crippen LogP contribution in [0.15, 0.2) is 5.51 Å². The molecule has 1 aromatic heterocycles. The van der Waals surface area contributed by atoms with Crippen molar-refractivity contribution in [2.75, 3.05) is 0 Å². The lowest BCUT2D eigenvalue weighted by molar-refractivity contribution is 0.0680. The van der Waals surface area contributed by atoms with Crippen molar-refractivity contribution >= 4 is 11.3 Å². The largest absolute Gasteiger partial charge is 0.479 e. The average Bonchev–Trinajstić information content (AvgIpc) is 2.56. The summed E-state index contributed by atoms with van der Waals surface area (Å²) in [6.07, 6.45) is 3.80. The molecule has 0 spiro atoms. The number of hydrogen-bond donors (Lipinski definition) is 1. The average molecular weight is 213 g/mol. The van der Waals surface area contributed by atoms with E-state index in [0.717, 1.165) is 36.4 Å². The molecule has 4 heteroatoms. The monoisotopic (exact) mass is 213 g/mol. The number of thiazole rings is 1. The number of aliphatic hydroxyl groups is 1. The lowest BCUT2D eigenvalue weighted by Gasteiger charge is -2.25. The molecular formula is C10H15NO2S. The van der Waals surface area contributed by atoms with Gasteiger partial charge in [-0.25, -0.2) is 4.98 Å². The van der Waals surface area contributed by atoms with Gasteiger partial charge in [0.2, 0.25) is 0 Å². The van der Waals surface area contributed by atoms with Crippen LogP contribution < -0.4 is 4.74 Å². The third-order valence-electron chi connectivity index (χ3n) is 2.62. The Bertz CT molecular complexity index is 292. The second kappa shape index (κ2) is 4.28. The Kier molecular flexibility index (Phi) is 3.03. The summed E-state index contributed by atoms with van der Waals surface area (Å²) in [5.74, 6) is 0. The molecule has 78 valence electrons. The number of nitrogens with zero attached hydrogens (tertiary/aromatic N) is 1. The van der Waals surface area contributed by atoms with Crippen LogP contribution in [0.1, 0.15) is 31.4 Å². The normalized spacial score (nSPS) is 27.6. The van der Waals surface area contributed by atoms with Crippen LogP contribution >= 0.6 is 11.3 Å². The first-order valence-corrected chi connectivity index (χ1v) is 5.88. The number of aliphatic hydroxyl groups excluding tert-OH is 1. The summed E-state index contributed by atoms with van der Waals surface area (Å²) in [4.78, 5) is 4.14. The molecule has 1 aliphatic rings. The van der Waals surface area contributed by atoms with Crippen LogP contribution in [0.25, 0.3) is 0 Å². The molecule has 1 saturated carbocycles. The van der Waals surface area contributed by atoms with Gasteiger partial charge in [0.25, 0.3) is 0 Å². The molecule has 0 amide bonds. The van der Waals surface area contributed by atoms with E-state index in [-0.39, 0.29) is 12.2 Å². The van der Waals surface area contributed by atoms with E-state index in [2.05, 4.69) is 4.98 Å². The summed E-state index contributed by atoms with van der Waals surface area (Å²) in [6, 6.07) is 0. The molecule has 14 heavy (non-hydrogen) atoms. The van der Waals surface area contributed by atoms with Crippen LogP contribution in [0.5, 0.6) is 5.06 Å². The second-order valence-electron chi connectivity index (χ2n) is 3.77. The quantitative estimate of drug-likeness (QED) is 0.818. The minimum atomic E-state index is -0.114. The van der Waals surface area contributed by atoms with Crippen LogP contribution in [0.2, 0.25) is 0 Å². The van der Waals surface area contributed by atoms with Gasteiger partial charge in [0, 0.05) is 0 Å². The fraction of sp³-hybridized carbons (Fsp3) is 0.700. The third kappa shape index (κ3) is 2.25. The number of aromatic nitrogens is 1. The topological polar surface area (TPSA) is 42.4 Å². The molecule has 0 unspecified atom stereocenters. The summed E-state index contributed by atoms with van der Waals surface area (Å²) in [7, 11) is 0. The smallest absolute Gasteiger partial charge is 0.197 e. The van der Waals surface area contributed by atoms with Crippen molar-refractivity contribution in [3.05, 3.63) is 11.2 Å². The first-order valence-electron chi connectivity index (χ1n) is 5.00. The molecule has 0 radical (unpaired) electrons. The first-order chi connectivity index (χ1) is 6.75. The molecule has 2 rings (SSSR count). The summed E-state index contributed by atoms with van der Waals surface area (Å²) in [5, 5.41) is 10.3. The van der Waals surface area contributed by atoms with E-state index >= 15 is 0 Å². The van der Waals surface area contributed by atoms with Crippen molar-refractivity contribution in [2.24, 2.45) is 0 Å². The van der Waals surface area contributed by atoms with E-state index in [1.165, 1.54) is 0 Å². The number of ether oxygens (including phenoxy) is 1.